The third-order valence-electron chi connectivity index (χ3n) is 5.76. The van der Waals surface area contributed by atoms with Crippen molar-refractivity contribution in [3.63, 3.8) is 0 Å². The first-order chi connectivity index (χ1) is 15.8. The molecule has 0 saturated carbocycles. The molecule has 2 aromatic rings. The van der Waals surface area contributed by atoms with E-state index in [0.717, 1.165) is 5.56 Å². The Morgan fingerprint density at radius 2 is 1.64 bits per heavy atom. The zero-order valence-corrected chi connectivity index (χ0v) is 20.1. The summed E-state index contributed by atoms with van der Waals surface area (Å²) in [5, 5.41) is 2.84. The minimum Gasteiger partial charge on any atom is -0.497 e. The summed E-state index contributed by atoms with van der Waals surface area (Å²) in [6, 6.07) is 11.5. The van der Waals surface area contributed by atoms with E-state index in [-0.39, 0.29) is 23.9 Å². The lowest BCUT2D eigenvalue weighted by Crippen LogP contribution is -2.37. The van der Waals surface area contributed by atoms with Crippen molar-refractivity contribution in [2.75, 3.05) is 54.7 Å². The van der Waals surface area contributed by atoms with Gasteiger partial charge in [-0.05, 0) is 42.5 Å². The van der Waals surface area contributed by atoms with Gasteiger partial charge in [-0.15, -0.1) is 0 Å². The number of benzene rings is 2. The van der Waals surface area contributed by atoms with Crippen LogP contribution in [0, 0.1) is 5.92 Å². The smallest absolute Gasteiger partial charge is 0.243 e. The molecular weight excluding hydrogens is 448 g/mol. The average molecular weight is 479 g/mol. The van der Waals surface area contributed by atoms with Crippen LogP contribution >= 0.6 is 0 Å². The summed E-state index contributed by atoms with van der Waals surface area (Å²) < 4.78 is 49.2. The summed E-state index contributed by atoms with van der Waals surface area (Å²) >= 11 is 0. The maximum absolute atomic E-state index is 13.4. The van der Waals surface area contributed by atoms with E-state index in [1.165, 1.54) is 23.5 Å². The van der Waals surface area contributed by atoms with Gasteiger partial charge in [-0.1, -0.05) is 0 Å². The number of methoxy groups -OCH3 is 4. The SMILES string of the molecule is COCCNC(=O)C1CN(S(=O)(=O)c2ccc(OC)cc2)CC1c1cc(OC)ccc1OC. The highest BCUT2D eigenvalue weighted by atomic mass is 32.2. The molecule has 1 fully saturated rings. The molecule has 2 atom stereocenters. The number of nitrogens with zero attached hydrogens (tertiary/aromatic N) is 1. The van der Waals surface area contributed by atoms with Gasteiger partial charge in [-0.3, -0.25) is 4.79 Å². The van der Waals surface area contributed by atoms with E-state index in [4.69, 9.17) is 18.9 Å². The van der Waals surface area contributed by atoms with Gasteiger partial charge in [0.15, 0.2) is 0 Å². The lowest BCUT2D eigenvalue weighted by Gasteiger charge is -2.21. The van der Waals surface area contributed by atoms with Crippen molar-refractivity contribution in [3.05, 3.63) is 48.0 Å². The van der Waals surface area contributed by atoms with E-state index in [1.807, 2.05) is 0 Å². The van der Waals surface area contributed by atoms with E-state index < -0.39 is 21.9 Å². The summed E-state index contributed by atoms with van der Waals surface area (Å²) in [7, 11) is 2.33. The second-order valence-corrected chi connectivity index (χ2v) is 9.54. The zero-order valence-electron chi connectivity index (χ0n) is 19.2. The highest BCUT2D eigenvalue weighted by molar-refractivity contribution is 7.89. The molecule has 0 spiro atoms. The molecule has 1 saturated heterocycles. The van der Waals surface area contributed by atoms with Crippen molar-refractivity contribution in [1.82, 2.24) is 9.62 Å². The molecule has 33 heavy (non-hydrogen) atoms. The monoisotopic (exact) mass is 478 g/mol. The average Bonchev–Trinajstić information content (AvgIpc) is 3.30. The molecule has 0 bridgehead atoms. The van der Waals surface area contributed by atoms with Crippen molar-refractivity contribution in [2.45, 2.75) is 10.8 Å². The van der Waals surface area contributed by atoms with Crippen LogP contribution in [0.1, 0.15) is 11.5 Å². The van der Waals surface area contributed by atoms with Gasteiger partial charge in [0.2, 0.25) is 15.9 Å². The Labute approximate surface area is 194 Å². The molecule has 2 aromatic carbocycles. The number of nitrogens with one attached hydrogen (secondary N) is 1. The summed E-state index contributed by atoms with van der Waals surface area (Å²) in [5.41, 5.74) is 0.719. The minimum absolute atomic E-state index is 0.0399. The molecule has 1 aliphatic rings. The number of amides is 1. The van der Waals surface area contributed by atoms with E-state index in [0.29, 0.717) is 30.4 Å². The number of sulfonamides is 1. The number of ether oxygens (including phenoxy) is 4. The van der Waals surface area contributed by atoms with Gasteiger partial charge < -0.3 is 24.3 Å². The van der Waals surface area contributed by atoms with E-state index >= 15 is 0 Å². The first-order valence-electron chi connectivity index (χ1n) is 10.5. The van der Waals surface area contributed by atoms with Crippen LogP contribution < -0.4 is 19.5 Å². The fourth-order valence-corrected chi connectivity index (χ4v) is 5.47. The van der Waals surface area contributed by atoms with Crippen molar-refractivity contribution in [1.29, 1.82) is 0 Å². The standard InChI is InChI=1S/C23H30N2O7S/c1-29-12-11-24-23(26)21-15-25(33(27,28)18-8-5-16(30-2)6-9-18)14-20(21)19-13-17(31-3)7-10-22(19)32-4/h5-10,13,20-21H,11-12,14-15H2,1-4H3,(H,24,26). The van der Waals surface area contributed by atoms with Crippen LogP contribution in [0.15, 0.2) is 47.4 Å². The fraction of sp³-hybridized carbons (Fsp3) is 0.435. The van der Waals surface area contributed by atoms with Crippen LogP contribution in [0.4, 0.5) is 0 Å². The fourth-order valence-electron chi connectivity index (χ4n) is 3.98. The predicted molar refractivity (Wildman–Crippen MR) is 122 cm³/mol. The lowest BCUT2D eigenvalue weighted by molar-refractivity contribution is -0.125. The Morgan fingerprint density at radius 1 is 0.970 bits per heavy atom. The van der Waals surface area contributed by atoms with Gasteiger partial charge in [0.05, 0.1) is 38.7 Å². The van der Waals surface area contributed by atoms with Crippen LogP contribution in [0.2, 0.25) is 0 Å². The second kappa shape index (κ2) is 10.9. The Morgan fingerprint density at radius 3 is 2.24 bits per heavy atom. The largest absolute Gasteiger partial charge is 0.497 e. The third kappa shape index (κ3) is 5.40. The first kappa shape index (κ1) is 24.8. The highest BCUT2D eigenvalue weighted by Crippen LogP contribution is 2.41. The number of carbonyl (C=O) groups excluding carboxylic acids is 1. The van der Waals surface area contributed by atoms with Crippen LogP contribution in [0.3, 0.4) is 0 Å². The van der Waals surface area contributed by atoms with Gasteiger partial charge in [0.1, 0.15) is 17.2 Å². The molecular formula is C23H30N2O7S. The highest BCUT2D eigenvalue weighted by Gasteiger charge is 2.44. The van der Waals surface area contributed by atoms with Crippen LogP contribution in [0.25, 0.3) is 0 Å². The molecule has 3 rings (SSSR count). The Bertz CT molecular complexity index is 1060. The third-order valence-corrected chi connectivity index (χ3v) is 7.61. The molecule has 1 N–H and O–H groups in total. The van der Waals surface area contributed by atoms with E-state index in [2.05, 4.69) is 5.32 Å². The minimum atomic E-state index is -3.83. The van der Waals surface area contributed by atoms with Crippen molar-refractivity contribution in [2.24, 2.45) is 5.92 Å². The van der Waals surface area contributed by atoms with Gasteiger partial charge in [-0.2, -0.15) is 4.31 Å². The van der Waals surface area contributed by atoms with Crippen LogP contribution in [-0.2, 0) is 19.6 Å². The lowest BCUT2D eigenvalue weighted by atomic mass is 9.87. The van der Waals surface area contributed by atoms with Gasteiger partial charge >= 0.3 is 0 Å². The molecule has 0 aliphatic carbocycles. The van der Waals surface area contributed by atoms with Gasteiger partial charge in [0, 0.05) is 38.2 Å². The van der Waals surface area contributed by atoms with Gasteiger partial charge in [-0.25, -0.2) is 8.42 Å². The van der Waals surface area contributed by atoms with E-state index in [9.17, 15) is 13.2 Å². The Hall–Kier alpha value is -2.82. The maximum Gasteiger partial charge on any atom is 0.243 e. The summed E-state index contributed by atoms with van der Waals surface area (Å²) in [4.78, 5) is 13.2. The number of hydrogen-bond acceptors (Lipinski definition) is 7. The topological polar surface area (TPSA) is 103 Å². The molecule has 9 nitrogen and oxygen atoms in total. The normalized spacial score (nSPS) is 18.7. The number of hydrogen-bond donors (Lipinski definition) is 1. The number of rotatable bonds is 10. The Balaban J connectivity index is 1.97. The van der Waals surface area contributed by atoms with Crippen LogP contribution in [0.5, 0.6) is 17.2 Å². The van der Waals surface area contributed by atoms with Crippen molar-refractivity contribution in [3.8, 4) is 17.2 Å². The summed E-state index contributed by atoms with van der Waals surface area (Å²) in [6.45, 7) is 0.858. The van der Waals surface area contributed by atoms with Crippen LogP contribution in [-0.4, -0.2) is 73.3 Å². The van der Waals surface area contributed by atoms with Crippen molar-refractivity contribution >= 4 is 15.9 Å². The van der Waals surface area contributed by atoms with E-state index in [1.54, 1.807) is 51.7 Å². The quantitative estimate of drug-likeness (QED) is 0.520. The first-order valence-corrected chi connectivity index (χ1v) is 11.9. The summed E-state index contributed by atoms with van der Waals surface area (Å²) in [5.74, 6) is 0.445. The summed E-state index contributed by atoms with van der Waals surface area (Å²) in [6.07, 6.45) is 0. The predicted octanol–water partition coefficient (Wildman–Crippen LogP) is 1.88. The molecule has 10 heteroatoms. The second-order valence-electron chi connectivity index (χ2n) is 7.60. The Kier molecular flexibility index (Phi) is 8.17. The molecule has 0 aromatic heterocycles. The molecule has 0 radical (unpaired) electrons. The zero-order chi connectivity index (χ0) is 24.0. The molecule has 180 valence electrons. The molecule has 2 unspecified atom stereocenters. The molecule has 1 aliphatic heterocycles. The maximum atomic E-state index is 13.4. The molecule has 1 heterocycles. The van der Waals surface area contributed by atoms with Gasteiger partial charge in [0.25, 0.3) is 0 Å². The van der Waals surface area contributed by atoms with Crippen molar-refractivity contribution < 1.29 is 32.2 Å². The number of carbonyl (C=O) groups is 1. The molecule has 1 amide bonds.